The predicted molar refractivity (Wildman–Crippen MR) is 60.8 cm³/mol. The van der Waals surface area contributed by atoms with E-state index in [4.69, 9.17) is 0 Å². The molecule has 14 heavy (non-hydrogen) atoms. The minimum absolute atomic E-state index is 0.405. The van der Waals surface area contributed by atoms with E-state index in [0.717, 1.165) is 18.4 Å². The normalized spacial score (nSPS) is 10.2. The van der Waals surface area contributed by atoms with Gasteiger partial charge in [0.25, 0.3) is 0 Å². The van der Waals surface area contributed by atoms with E-state index in [1.54, 1.807) is 0 Å². The monoisotopic (exact) mass is 190 g/mol. The maximum atomic E-state index is 9.61. The van der Waals surface area contributed by atoms with E-state index in [0.29, 0.717) is 5.75 Å². The number of allylic oxidation sites excluding steroid dienone is 1. The summed E-state index contributed by atoms with van der Waals surface area (Å²) >= 11 is 0. The predicted octanol–water partition coefficient (Wildman–Crippen LogP) is 3.44. The molecule has 0 saturated heterocycles. The topological polar surface area (TPSA) is 20.2 Å². The van der Waals surface area contributed by atoms with E-state index in [1.165, 1.54) is 16.7 Å². The summed E-state index contributed by atoms with van der Waals surface area (Å²) < 4.78 is 0. The number of aryl methyl sites for hydroxylation is 1. The highest BCUT2D eigenvalue weighted by atomic mass is 16.3. The van der Waals surface area contributed by atoms with E-state index in [2.05, 4.69) is 13.5 Å². The van der Waals surface area contributed by atoms with E-state index in [1.807, 2.05) is 26.0 Å². The lowest BCUT2D eigenvalue weighted by Gasteiger charge is -2.13. The molecule has 0 radical (unpaired) electrons. The van der Waals surface area contributed by atoms with Gasteiger partial charge in [-0.1, -0.05) is 6.08 Å². The van der Waals surface area contributed by atoms with Crippen molar-refractivity contribution in [2.24, 2.45) is 0 Å². The second-order valence-corrected chi connectivity index (χ2v) is 3.77. The minimum atomic E-state index is 0.405. The third kappa shape index (κ3) is 1.98. The van der Waals surface area contributed by atoms with Crippen LogP contribution in [-0.2, 0) is 6.42 Å². The molecule has 1 aromatic rings. The van der Waals surface area contributed by atoms with Gasteiger partial charge in [-0.2, -0.15) is 0 Å². The van der Waals surface area contributed by atoms with Gasteiger partial charge in [0.15, 0.2) is 0 Å². The highest BCUT2D eigenvalue weighted by Gasteiger charge is 2.08. The van der Waals surface area contributed by atoms with Gasteiger partial charge in [0.05, 0.1) is 0 Å². The molecule has 0 fully saturated rings. The lowest BCUT2D eigenvalue weighted by atomic mass is 9.94. The molecule has 1 heteroatoms. The molecule has 1 aromatic carbocycles. The van der Waals surface area contributed by atoms with Crippen molar-refractivity contribution in [3.05, 3.63) is 41.0 Å². The number of hydrogen-bond donors (Lipinski definition) is 1. The Morgan fingerprint density at radius 2 is 1.93 bits per heavy atom. The summed E-state index contributed by atoms with van der Waals surface area (Å²) in [7, 11) is 0. The third-order valence-corrected chi connectivity index (χ3v) is 2.83. The Bertz CT molecular complexity index is 351. The lowest BCUT2D eigenvalue weighted by Crippen LogP contribution is -1.96. The van der Waals surface area contributed by atoms with Gasteiger partial charge in [0, 0.05) is 0 Å². The molecule has 76 valence electrons. The molecule has 0 heterocycles. The molecule has 0 aromatic heterocycles. The molecular weight excluding hydrogens is 172 g/mol. The summed E-state index contributed by atoms with van der Waals surface area (Å²) in [5, 5.41) is 9.61. The highest BCUT2D eigenvalue weighted by molar-refractivity contribution is 5.47. The zero-order valence-electron chi connectivity index (χ0n) is 9.22. The van der Waals surface area contributed by atoms with E-state index in [9.17, 15) is 5.11 Å². The molecule has 0 amide bonds. The molecule has 0 aliphatic heterocycles. The van der Waals surface area contributed by atoms with E-state index in [-0.39, 0.29) is 0 Å². The van der Waals surface area contributed by atoms with Gasteiger partial charge in [-0.05, 0) is 61.9 Å². The average Bonchev–Trinajstić information content (AvgIpc) is 2.14. The molecule has 0 aliphatic carbocycles. The summed E-state index contributed by atoms with van der Waals surface area (Å²) in [5.74, 6) is 0.405. The van der Waals surface area contributed by atoms with Crippen LogP contribution >= 0.6 is 0 Å². The van der Waals surface area contributed by atoms with Gasteiger partial charge in [-0.15, -0.1) is 6.58 Å². The van der Waals surface area contributed by atoms with Crippen molar-refractivity contribution in [2.45, 2.75) is 33.6 Å². The van der Waals surface area contributed by atoms with Gasteiger partial charge in [0.1, 0.15) is 5.75 Å². The van der Waals surface area contributed by atoms with Crippen molar-refractivity contribution in [1.82, 2.24) is 0 Å². The summed E-state index contributed by atoms with van der Waals surface area (Å²) in [6, 6.07) is 1.85. The summed E-state index contributed by atoms with van der Waals surface area (Å²) in [4.78, 5) is 0. The van der Waals surface area contributed by atoms with E-state index < -0.39 is 0 Å². The number of benzene rings is 1. The van der Waals surface area contributed by atoms with Crippen LogP contribution in [0.25, 0.3) is 0 Å². The van der Waals surface area contributed by atoms with Crippen molar-refractivity contribution < 1.29 is 5.11 Å². The Morgan fingerprint density at radius 1 is 1.29 bits per heavy atom. The van der Waals surface area contributed by atoms with Crippen LogP contribution in [0.4, 0.5) is 0 Å². The first-order valence-corrected chi connectivity index (χ1v) is 4.97. The van der Waals surface area contributed by atoms with Gasteiger partial charge in [-0.3, -0.25) is 0 Å². The summed E-state index contributed by atoms with van der Waals surface area (Å²) in [6.45, 7) is 9.80. The molecular formula is C13H18O. The zero-order valence-corrected chi connectivity index (χ0v) is 9.22. The standard InChI is InChI=1S/C13H18O/c1-5-6-7-12-9(2)8-13(14)11(4)10(12)3/h5,8,14H,1,6-7H2,2-4H3. The first kappa shape index (κ1) is 10.8. The number of rotatable bonds is 3. The average molecular weight is 190 g/mol. The van der Waals surface area contributed by atoms with Gasteiger partial charge in [0.2, 0.25) is 0 Å². The summed E-state index contributed by atoms with van der Waals surface area (Å²) in [5.41, 5.74) is 4.73. The molecule has 1 rings (SSSR count). The molecule has 1 N–H and O–H groups in total. The molecule has 0 aliphatic rings. The Kier molecular flexibility index (Phi) is 3.34. The van der Waals surface area contributed by atoms with Crippen molar-refractivity contribution in [2.75, 3.05) is 0 Å². The fourth-order valence-electron chi connectivity index (χ4n) is 1.75. The fraction of sp³-hybridized carbons (Fsp3) is 0.385. The van der Waals surface area contributed by atoms with Gasteiger partial charge >= 0.3 is 0 Å². The second kappa shape index (κ2) is 4.32. The number of hydrogen-bond acceptors (Lipinski definition) is 1. The van der Waals surface area contributed by atoms with E-state index >= 15 is 0 Å². The van der Waals surface area contributed by atoms with Crippen LogP contribution in [0.5, 0.6) is 5.75 Å². The van der Waals surface area contributed by atoms with Crippen LogP contribution in [0.3, 0.4) is 0 Å². The number of phenols is 1. The molecule has 1 nitrogen and oxygen atoms in total. The van der Waals surface area contributed by atoms with Crippen LogP contribution < -0.4 is 0 Å². The van der Waals surface area contributed by atoms with Crippen molar-refractivity contribution in [3.8, 4) is 5.75 Å². The Hall–Kier alpha value is -1.24. The Balaban J connectivity index is 3.15. The first-order chi connectivity index (χ1) is 6.57. The number of aromatic hydroxyl groups is 1. The third-order valence-electron chi connectivity index (χ3n) is 2.83. The quantitative estimate of drug-likeness (QED) is 0.724. The smallest absolute Gasteiger partial charge is 0.119 e. The van der Waals surface area contributed by atoms with Crippen LogP contribution in [0, 0.1) is 20.8 Å². The highest BCUT2D eigenvalue weighted by Crippen LogP contribution is 2.27. The largest absolute Gasteiger partial charge is 0.508 e. The van der Waals surface area contributed by atoms with Crippen molar-refractivity contribution in [3.63, 3.8) is 0 Å². The molecule has 0 unspecified atom stereocenters. The fourth-order valence-corrected chi connectivity index (χ4v) is 1.75. The maximum absolute atomic E-state index is 9.61. The van der Waals surface area contributed by atoms with Gasteiger partial charge in [-0.25, -0.2) is 0 Å². The molecule has 0 spiro atoms. The molecule has 0 atom stereocenters. The van der Waals surface area contributed by atoms with Crippen LogP contribution in [0.1, 0.15) is 28.7 Å². The zero-order chi connectivity index (χ0) is 10.7. The van der Waals surface area contributed by atoms with Crippen molar-refractivity contribution >= 4 is 0 Å². The molecule has 0 bridgehead atoms. The first-order valence-electron chi connectivity index (χ1n) is 4.97. The number of phenolic OH excluding ortho intramolecular Hbond substituents is 1. The van der Waals surface area contributed by atoms with Gasteiger partial charge < -0.3 is 5.11 Å². The molecule has 0 saturated carbocycles. The lowest BCUT2D eigenvalue weighted by molar-refractivity contribution is 0.469. The minimum Gasteiger partial charge on any atom is -0.508 e. The SMILES string of the molecule is C=CCCc1c(C)cc(O)c(C)c1C. The van der Waals surface area contributed by atoms with Crippen LogP contribution in [0.2, 0.25) is 0 Å². The van der Waals surface area contributed by atoms with Crippen LogP contribution in [0.15, 0.2) is 18.7 Å². The Labute approximate surface area is 86.1 Å². The Morgan fingerprint density at radius 3 is 2.50 bits per heavy atom. The maximum Gasteiger partial charge on any atom is 0.119 e. The summed E-state index contributed by atoms with van der Waals surface area (Å²) in [6.07, 6.45) is 3.94. The van der Waals surface area contributed by atoms with Crippen LogP contribution in [-0.4, -0.2) is 5.11 Å². The van der Waals surface area contributed by atoms with Crippen molar-refractivity contribution in [1.29, 1.82) is 0 Å². The second-order valence-electron chi connectivity index (χ2n) is 3.77.